The van der Waals surface area contributed by atoms with Gasteiger partial charge in [-0.25, -0.2) is 0 Å². The fourth-order valence-electron chi connectivity index (χ4n) is 2.64. The second-order valence-electron chi connectivity index (χ2n) is 5.14. The summed E-state index contributed by atoms with van der Waals surface area (Å²) in [5.41, 5.74) is 6.37. The van der Waals surface area contributed by atoms with E-state index in [2.05, 4.69) is 50.4 Å². The van der Waals surface area contributed by atoms with Crippen LogP contribution in [0.25, 0.3) is 0 Å². The van der Waals surface area contributed by atoms with Gasteiger partial charge in [-0.1, -0.05) is 47.0 Å². The van der Waals surface area contributed by atoms with Gasteiger partial charge in [0.05, 0.1) is 6.04 Å². The molecule has 2 rings (SSSR count). The molecule has 0 heterocycles. The standard InChI is InChI=1S/C17H20ClN/c1-11-7-12(2)9-14(8-11)17(19-4)16-6-5-15(18)10-13(16)3/h5-10,17,19H,1-4H3. The molecule has 0 aliphatic heterocycles. The molecule has 0 aliphatic carbocycles. The number of hydrogen-bond acceptors (Lipinski definition) is 1. The molecule has 1 nitrogen and oxygen atoms in total. The van der Waals surface area contributed by atoms with Crippen LogP contribution in [0.4, 0.5) is 0 Å². The second kappa shape index (κ2) is 5.77. The van der Waals surface area contributed by atoms with Crippen LogP contribution >= 0.6 is 11.6 Å². The van der Waals surface area contributed by atoms with E-state index >= 15 is 0 Å². The summed E-state index contributed by atoms with van der Waals surface area (Å²) in [6, 6.07) is 13.0. The van der Waals surface area contributed by atoms with Crippen molar-refractivity contribution in [1.82, 2.24) is 5.32 Å². The summed E-state index contributed by atoms with van der Waals surface area (Å²) in [5, 5.41) is 4.19. The Balaban J connectivity index is 2.49. The molecule has 0 spiro atoms. The van der Waals surface area contributed by atoms with Crippen LogP contribution in [0.2, 0.25) is 5.02 Å². The Kier molecular flexibility index (Phi) is 4.28. The Labute approximate surface area is 120 Å². The van der Waals surface area contributed by atoms with Crippen LogP contribution in [0.1, 0.15) is 33.9 Å². The number of hydrogen-bond donors (Lipinski definition) is 1. The number of aryl methyl sites for hydroxylation is 3. The minimum Gasteiger partial charge on any atom is -0.309 e. The van der Waals surface area contributed by atoms with Gasteiger partial charge in [0, 0.05) is 5.02 Å². The first kappa shape index (κ1) is 14.1. The van der Waals surface area contributed by atoms with Crippen molar-refractivity contribution in [3.63, 3.8) is 0 Å². The third kappa shape index (κ3) is 3.17. The van der Waals surface area contributed by atoms with Gasteiger partial charge in [0.1, 0.15) is 0 Å². The second-order valence-corrected chi connectivity index (χ2v) is 5.58. The first-order chi connectivity index (χ1) is 9.01. The lowest BCUT2D eigenvalue weighted by atomic mass is 9.93. The molecule has 0 radical (unpaired) electrons. The molecule has 1 atom stereocenters. The lowest BCUT2D eigenvalue weighted by molar-refractivity contribution is 0.686. The highest BCUT2D eigenvalue weighted by atomic mass is 35.5. The topological polar surface area (TPSA) is 12.0 Å². The molecular weight excluding hydrogens is 254 g/mol. The first-order valence-electron chi connectivity index (χ1n) is 6.53. The fraction of sp³-hybridized carbons (Fsp3) is 0.294. The van der Waals surface area contributed by atoms with E-state index in [1.165, 1.54) is 27.8 Å². The summed E-state index contributed by atoms with van der Waals surface area (Å²) >= 11 is 6.04. The van der Waals surface area contributed by atoms with Crippen LogP contribution in [-0.2, 0) is 0 Å². The predicted molar refractivity (Wildman–Crippen MR) is 83.0 cm³/mol. The van der Waals surface area contributed by atoms with Gasteiger partial charge < -0.3 is 5.32 Å². The van der Waals surface area contributed by atoms with Crippen LogP contribution in [0.15, 0.2) is 36.4 Å². The highest BCUT2D eigenvalue weighted by Crippen LogP contribution is 2.27. The molecule has 100 valence electrons. The van der Waals surface area contributed by atoms with Crippen molar-refractivity contribution in [2.24, 2.45) is 0 Å². The van der Waals surface area contributed by atoms with Crippen LogP contribution in [0, 0.1) is 20.8 Å². The Hall–Kier alpha value is -1.31. The third-order valence-electron chi connectivity index (χ3n) is 3.41. The molecule has 0 saturated carbocycles. The van der Waals surface area contributed by atoms with Crippen molar-refractivity contribution in [3.8, 4) is 0 Å². The molecule has 19 heavy (non-hydrogen) atoms. The van der Waals surface area contributed by atoms with E-state index in [-0.39, 0.29) is 6.04 Å². The maximum atomic E-state index is 6.04. The minimum atomic E-state index is 0.205. The molecule has 0 saturated heterocycles. The van der Waals surface area contributed by atoms with Gasteiger partial charge in [0.25, 0.3) is 0 Å². The molecule has 0 amide bonds. The molecule has 2 heteroatoms. The van der Waals surface area contributed by atoms with E-state index in [1.54, 1.807) is 0 Å². The number of nitrogens with one attached hydrogen (secondary N) is 1. The zero-order chi connectivity index (χ0) is 14.0. The Bertz CT molecular complexity index is 570. The molecule has 0 fully saturated rings. The third-order valence-corrected chi connectivity index (χ3v) is 3.64. The molecule has 1 unspecified atom stereocenters. The van der Waals surface area contributed by atoms with E-state index in [0.29, 0.717) is 0 Å². The molecule has 0 aliphatic rings. The van der Waals surface area contributed by atoms with Gasteiger partial charge in [-0.05, 0) is 56.6 Å². The minimum absolute atomic E-state index is 0.205. The van der Waals surface area contributed by atoms with Crippen molar-refractivity contribution in [2.75, 3.05) is 7.05 Å². The summed E-state index contributed by atoms with van der Waals surface area (Å²) in [5.74, 6) is 0. The lowest BCUT2D eigenvalue weighted by Gasteiger charge is -2.20. The molecule has 0 bridgehead atoms. The SMILES string of the molecule is CNC(c1cc(C)cc(C)c1)c1ccc(Cl)cc1C. The van der Waals surface area contributed by atoms with E-state index < -0.39 is 0 Å². The summed E-state index contributed by atoms with van der Waals surface area (Å²) in [6.45, 7) is 6.38. The lowest BCUT2D eigenvalue weighted by Crippen LogP contribution is -2.19. The highest BCUT2D eigenvalue weighted by Gasteiger charge is 2.14. The molecule has 2 aromatic carbocycles. The quantitative estimate of drug-likeness (QED) is 0.863. The smallest absolute Gasteiger partial charge is 0.0577 e. The van der Waals surface area contributed by atoms with Crippen molar-refractivity contribution in [2.45, 2.75) is 26.8 Å². The van der Waals surface area contributed by atoms with Gasteiger partial charge in [0.15, 0.2) is 0 Å². The summed E-state index contributed by atoms with van der Waals surface area (Å²) in [7, 11) is 2.00. The van der Waals surface area contributed by atoms with E-state index in [1.807, 2.05) is 19.2 Å². The van der Waals surface area contributed by atoms with Crippen molar-refractivity contribution in [1.29, 1.82) is 0 Å². The average Bonchev–Trinajstić information content (AvgIpc) is 2.31. The Morgan fingerprint density at radius 2 is 1.58 bits per heavy atom. The maximum absolute atomic E-state index is 6.04. The van der Waals surface area contributed by atoms with Crippen LogP contribution in [0.3, 0.4) is 0 Å². The van der Waals surface area contributed by atoms with Gasteiger partial charge in [-0.15, -0.1) is 0 Å². The van der Waals surface area contributed by atoms with Crippen LogP contribution in [-0.4, -0.2) is 7.05 Å². The van der Waals surface area contributed by atoms with Gasteiger partial charge in [0.2, 0.25) is 0 Å². The monoisotopic (exact) mass is 273 g/mol. The number of benzene rings is 2. The fourth-order valence-corrected chi connectivity index (χ4v) is 2.87. The molecule has 2 aromatic rings. The van der Waals surface area contributed by atoms with Crippen molar-refractivity contribution < 1.29 is 0 Å². The van der Waals surface area contributed by atoms with Crippen LogP contribution < -0.4 is 5.32 Å². The van der Waals surface area contributed by atoms with Gasteiger partial charge >= 0.3 is 0 Å². The summed E-state index contributed by atoms with van der Waals surface area (Å²) in [6.07, 6.45) is 0. The number of rotatable bonds is 3. The summed E-state index contributed by atoms with van der Waals surface area (Å²) < 4.78 is 0. The maximum Gasteiger partial charge on any atom is 0.0577 e. The number of halogens is 1. The highest BCUT2D eigenvalue weighted by molar-refractivity contribution is 6.30. The summed E-state index contributed by atoms with van der Waals surface area (Å²) in [4.78, 5) is 0. The van der Waals surface area contributed by atoms with E-state index in [9.17, 15) is 0 Å². The zero-order valence-electron chi connectivity index (χ0n) is 11.9. The Morgan fingerprint density at radius 1 is 0.947 bits per heavy atom. The zero-order valence-corrected chi connectivity index (χ0v) is 12.7. The van der Waals surface area contributed by atoms with Gasteiger partial charge in [-0.2, -0.15) is 0 Å². The molecular formula is C17H20ClN. The Morgan fingerprint density at radius 3 is 2.11 bits per heavy atom. The van der Waals surface area contributed by atoms with E-state index in [4.69, 9.17) is 11.6 Å². The van der Waals surface area contributed by atoms with Crippen molar-refractivity contribution >= 4 is 11.6 Å². The normalized spacial score (nSPS) is 12.5. The largest absolute Gasteiger partial charge is 0.309 e. The first-order valence-corrected chi connectivity index (χ1v) is 6.90. The molecule has 1 N–H and O–H groups in total. The van der Waals surface area contributed by atoms with Crippen LogP contribution in [0.5, 0.6) is 0 Å². The average molecular weight is 274 g/mol. The van der Waals surface area contributed by atoms with Gasteiger partial charge in [-0.3, -0.25) is 0 Å². The van der Waals surface area contributed by atoms with E-state index in [0.717, 1.165) is 5.02 Å². The molecule has 0 aromatic heterocycles. The van der Waals surface area contributed by atoms with Crippen molar-refractivity contribution in [3.05, 3.63) is 69.2 Å². The predicted octanol–water partition coefficient (Wildman–Crippen LogP) is 4.57.